The molecule has 0 radical (unpaired) electrons. The Kier molecular flexibility index (Phi) is 7.35. The number of hydrogen-bond donors (Lipinski definition) is 1. The number of alkyl halides is 2. The van der Waals surface area contributed by atoms with Gasteiger partial charge in [0.1, 0.15) is 0 Å². The molecule has 0 aliphatic rings. The number of nitrogens with one attached hydrogen (secondary N) is 1. The quantitative estimate of drug-likeness (QED) is 0.394. The lowest BCUT2D eigenvalue weighted by atomic mass is 10.2. The molecule has 7 nitrogen and oxygen atoms in total. The zero-order valence-corrected chi connectivity index (χ0v) is 15.0. The first-order valence-electron chi connectivity index (χ1n) is 7.64. The predicted molar refractivity (Wildman–Crippen MR) is 95.3 cm³/mol. The summed E-state index contributed by atoms with van der Waals surface area (Å²) in [5.74, 6) is -0.0644. The number of hydrogen-bond acceptors (Lipinski definition) is 6. The highest BCUT2D eigenvalue weighted by Crippen LogP contribution is 2.29. The summed E-state index contributed by atoms with van der Waals surface area (Å²) in [7, 11) is 1.33. The molecule has 0 fully saturated rings. The molecule has 0 saturated carbocycles. The number of carbonyl (C=O) groups is 1. The first-order valence-corrected chi connectivity index (χ1v) is 8.63. The molecule has 0 spiro atoms. The lowest BCUT2D eigenvalue weighted by Crippen LogP contribution is -2.24. The van der Waals surface area contributed by atoms with Crippen molar-refractivity contribution in [3.05, 3.63) is 58.1 Å². The summed E-state index contributed by atoms with van der Waals surface area (Å²) in [6.45, 7) is -2.77. The maximum absolute atomic E-state index is 12.3. The molecular weight excluding hydrogens is 382 g/mol. The van der Waals surface area contributed by atoms with Gasteiger partial charge in [0.25, 0.3) is 5.69 Å². The molecule has 0 unspecified atom stereocenters. The van der Waals surface area contributed by atoms with Crippen molar-refractivity contribution in [3.63, 3.8) is 0 Å². The lowest BCUT2D eigenvalue weighted by Gasteiger charge is -2.12. The minimum atomic E-state index is -2.96. The number of thioether (sulfide) groups is 1. The molecular formula is C17H16F2N2O5S. The van der Waals surface area contributed by atoms with Crippen LogP contribution in [0.4, 0.5) is 14.5 Å². The molecule has 0 aliphatic carbocycles. The molecule has 1 N–H and O–H groups in total. The Hall–Kier alpha value is -2.88. The number of methoxy groups -OCH3 is 1. The third-order valence-corrected chi connectivity index (χ3v) is 4.36. The van der Waals surface area contributed by atoms with Crippen LogP contribution in [0.2, 0.25) is 0 Å². The zero-order valence-electron chi connectivity index (χ0n) is 14.2. The highest BCUT2D eigenvalue weighted by Gasteiger charge is 2.12. The number of halogens is 2. The molecule has 144 valence electrons. The molecule has 2 aromatic rings. The first kappa shape index (κ1) is 20.4. The van der Waals surface area contributed by atoms with Gasteiger partial charge in [-0.25, -0.2) is 0 Å². The molecule has 0 atom stereocenters. The van der Waals surface area contributed by atoms with Crippen LogP contribution in [0.3, 0.4) is 0 Å². The molecule has 0 bridgehead atoms. The molecule has 0 aromatic heterocycles. The normalized spacial score (nSPS) is 10.5. The van der Waals surface area contributed by atoms with Gasteiger partial charge >= 0.3 is 6.61 Å². The summed E-state index contributed by atoms with van der Waals surface area (Å²) in [5, 5.41) is 13.3. The molecule has 1 amide bonds. The number of amides is 1. The Morgan fingerprint density at radius 1 is 1.22 bits per heavy atom. The van der Waals surface area contributed by atoms with E-state index in [-0.39, 0.29) is 35.4 Å². The van der Waals surface area contributed by atoms with Gasteiger partial charge < -0.3 is 14.8 Å². The summed E-state index contributed by atoms with van der Waals surface area (Å²) in [5.41, 5.74) is 0.638. The van der Waals surface area contributed by atoms with Crippen molar-refractivity contribution in [1.82, 2.24) is 5.32 Å². The van der Waals surface area contributed by atoms with E-state index in [1.54, 1.807) is 18.2 Å². The Labute approximate surface area is 157 Å². The third kappa shape index (κ3) is 6.41. The molecule has 0 saturated heterocycles. The van der Waals surface area contributed by atoms with Gasteiger partial charge in [0.05, 0.1) is 17.8 Å². The molecule has 2 aromatic carbocycles. The van der Waals surface area contributed by atoms with E-state index in [0.29, 0.717) is 5.56 Å². The highest BCUT2D eigenvalue weighted by molar-refractivity contribution is 8.00. The Balaban J connectivity index is 1.85. The van der Waals surface area contributed by atoms with Gasteiger partial charge in [-0.1, -0.05) is 6.07 Å². The van der Waals surface area contributed by atoms with E-state index in [1.807, 2.05) is 0 Å². The molecule has 2 rings (SSSR count). The van der Waals surface area contributed by atoms with Crippen molar-refractivity contribution in [2.45, 2.75) is 18.1 Å². The van der Waals surface area contributed by atoms with Gasteiger partial charge in [-0.15, -0.1) is 11.8 Å². The van der Waals surface area contributed by atoms with Crippen molar-refractivity contribution < 1.29 is 28.0 Å². The van der Waals surface area contributed by atoms with E-state index in [0.717, 1.165) is 4.90 Å². The van der Waals surface area contributed by atoms with Crippen molar-refractivity contribution in [2.75, 3.05) is 12.9 Å². The summed E-state index contributed by atoms with van der Waals surface area (Å²) in [4.78, 5) is 22.8. The van der Waals surface area contributed by atoms with Gasteiger partial charge in [-0.3, -0.25) is 14.9 Å². The van der Waals surface area contributed by atoms with Gasteiger partial charge in [0, 0.05) is 23.6 Å². The van der Waals surface area contributed by atoms with Crippen LogP contribution in [0.25, 0.3) is 0 Å². The fraction of sp³-hybridized carbons (Fsp3) is 0.235. The van der Waals surface area contributed by atoms with Crippen LogP contribution in [-0.2, 0) is 11.3 Å². The summed E-state index contributed by atoms with van der Waals surface area (Å²) in [6.07, 6.45) is 0. The van der Waals surface area contributed by atoms with E-state index in [2.05, 4.69) is 10.1 Å². The van der Waals surface area contributed by atoms with Crippen LogP contribution < -0.4 is 14.8 Å². The van der Waals surface area contributed by atoms with E-state index < -0.39 is 11.5 Å². The molecule has 27 heavy (non-hydrogen) atoms. The van der Waals surface area contributed by atoms with Crippen LogP contribution in [0.1, 0.15) is 5.56 Å². The third-order valence-electron chi connectivity index (χ3n) is 3.35. The maximum Gasteiger partial charge on any atom is 0.387 e. The fourth-order valence-corrected chi connectivity index (χ4v) is 2.81. The predicted octanol–water partition coefficient (Wildman–Crippen LogP) is 3.61. The first-order chi connectivity index (χ1) is 12.9. The number of ether oxygens (including phenoxy) is 2. The van der Waals surface area contributed by atoms with Crippen molar-refractivity contribution >= 4 is 23.4 Å². The zero-order chi connectivity index (χ0) is 19.8. The Morgan fingerprint density at radius 2 is 1.93 bits per heavy atom. The molecule has 0 aliphatic heterocycles. The molecule has 10 heteroatoms. The minimum Gasteiger partial charge on any atom is -0.493 e. The second-order valence-corrected chi connectivity index (χ2v) is 6.23. The number of benzene rings is 2. The number of nitro benzene ring substituents is 1. The van der Waals surface area contributed by atoms with Crippen molar-refractivity contribution in [2.24, 2.45) is 0 Å². The van der Waals surface area contributed by atoms with Crippen LogP contribution in [0.5, 0.6) is 11.5 Å². The average Bonchev–Trinajstić information content (AvgIpc) is 2.65. The van der Waals surface area contributed by atoms with E-state index in [1.165, 1.54) is 43.1 Å². The Bertz CT molecular complexity index is 802. The average molecular weight is 398 g/mol. The van der Waals surface area contributed by atoms with Gasteiger partial charge in [0.15, 0.2) is 11.5 Å². The van der Waals surface area contributed by atoms with E-state index in [4.69, 9.17) is 4.74 Å². The van der Waals surface area contributed by atoms with Crippen LogP contribution in [-0.4, -0.2) is 30.3 Å². The number of non-ortho nitro benzene ring substituents is 1. The second-order valence-electron chi connectivity index (χ2n) is 5.18. The standard InChI is InChI=1S/C17H16F2N2O5S/c1-25-15-8-11(2-7-14(15)26-17(18)19)9-20-16(22)10-27-13-5-3-12(4-6-13)21(23)24/h2-8,17H,9-10H2,1H3,(H,20,22). The molecule has 0 heterocycles. The number of rotatable bonds is 9. The highest BCUT2D eigenvalue weighted by atomic mass is 32.2. The van der Waals surface area contributed by atoms with Crippen molar-refractivity contribution in [3.8, 4) is 11.5 Å². The number of nitrogens with zero attached hydrogens (tertiary/aromatic N) is 1. The largest absolute Gasteiger partial charge is 0.493 e. The van der Waals surface area contributed by atoms with Gasteiger partial charge in [-0.2, -0.15) is 8.78 Å². The Morgan fingerprint density at radius 3 is 2.52 bits per heavy atom. The van der Waals surface area contributed by atoms with Gasteiger partial charge in [0.2, 0.25) is 5.91 Å². The van der Waals surface area contributed by atoms with Crippen LogP contribution >= 0.6 is 11.8 Å². The van der Waals surface area contributed by atoms with E-state index >= 15 is 0 Å². The maximum atomic E-state index is 12.3. The van der Waals surface area contributed by atoms with E-state index in [9.17, 15) is 23.7 Å². The summed E-state index contributed by atoms with van der Waals surface area (Å²) >= 11 is 1.24. The monoisotopic (exact) mass is 398 g/mol. The van der Waals surface area contributed by atoms with Crippen LogP contribution in [0.15, 0.2) is 47.4 Å². The topological polar surface area (TPSA) is 90.7 Å². The summed E-state index contributed by atoms with van der Waals surface area (Å²) < 4.78 is 34.0. The lowest BCUT2D eigenvalue weighted by molar-refractivity contribution is -0.384. The fourth-order valence-electron chi connectivity index (χ4n) is 2.08. The van der Waals surface area contributed by atoms with Crippen LogP contribution in [0, 0.1) is 10.1 Å². The van der Waals surface area contributed by atoms with Crippen molar-refractivity contribution in [1.29, 1.82) is 0 Å². The SMILES string of the molecule is COc1cc(CNC(=O)CSc2ccc([N+](=O)[O-])cc2)ccc1OC(F)F. The second kappa shape index (κ2) is 9.72. The number of carbonyl (C=O) groups excluding carboxylic acids is 1. The number of nitro groups is 1. The minimum absolute atomic E-state index is 0.0167. The smallest absolute Gasteiger partial charge is 0.387 e. The van der Waals surface area contributed by atoms with Gasteiger partial charge in [-0.05, 0) is 29.8 Å². The summed E-state index contributed by atoms with van der Waals surface area (Å²) in [6, 6.07) is 10.3.